The zero-order chi connectivity index (χ0) is 15.9. The second kappa shape index (κ2) is 7.96. The highest BCUT2D eigenvalue weighted by Gasteiger charge is 2.19. The molecule has 2 aromatic rings. The molecule has 0 radical (unpaired) electrons. The number of thiophene rings is 1. The fraction of sp³-hybridized carbons (Fsp3) is 0.353. The molecule has 0 unspecified atom stereocenters. The summed E-state index contributed by atoms with van der Waals surface area (Å²) in [7, 11) is 3.61. The van der Waals surface area contributed by atoms with Gasteiger partial charge in [0.1, 0.15) is 5.75 Å². The van der Waals surface area contributed by atoms with Crippen molar-refractivity contribution in [2.45, 2.75) is 26.1 Å². The first-order chi connectivity index (χ1) is 10.6. The Labute approximate surface area is 135 Å². The number of para-hydroxylation sites is 1. The maximum Gasteiger partial charge on any atom is 0.237 e. The van der Waals surface area contributed by atoms with Gasteiger partial charge in [0, 0.05) is 17.0 Å². The van der Waals surface area contributed by atoms with Crippen LogP contribution in [0.5, 0.6) is 5.75 Å². The molecule has 1 atom stereocenters. The van der Waals surface area contributed by atoms with Gasteiger partial charge < -0.3 is 10.1 Å². The summed E-state index contributed by atoms with van der Waals surface area (Å²) >= 11 is 1.65. The summed E-state index contributed by atoms with van der Waals surface area (Å²) in [5, 5.41) is 4.99. The van der Waals surface area contributed by atoms with E-state index in [4.69, 9.17) is 4.74 Å². The minimum atomic E-state index is -0.204. The summed E-state index contributed by atoms with van der Waals surface area (Å²) in [6.07, 6.45) is 0. The third kappa shape index (κ3) is 4.32. The molecule has 0 saturated heterocycles. The van der Waals surface area contributed by atoms with E-state index in [9.17, 15) is 4.79 Å². The maximum absolute atomic E-state index is 12.2. The normalized spacial score (nSPS) is 12.2. The molecule has 0 spiro atoms. The van der Waals surface area contributed by atoms with Gasteiger partial charge in [-0.05, 0) is 31.5 Å². The number of nitrogens with one attached hydrogen (secondary N) is 1. The van der Waals surface area contributed by atoms with E-state index in [1.165, 1.54) is 0 Å². The average Bonchev–Trinajstić information content (AvgIpc) is 3.05. The van der Waals surface area contributed by atoms with Crippen LogP contribution < -0.4 is 10.1 Å². The molecule has 1 amide bonds. The van der Waals surface area contributed by atoms with Crippen molar-refractivity contribution in [1.29, 1.82) is 0 Å². The Morgan fingerprint density at radius 3 is 2.77 bits per heavy atom. The standard InChI is InChI=1S/C17H22N2O2S/c1-13(17(20)18-11-15-8-6-10-22-15)19(2)12-14-7-4-5-9-16(14)21-3/h4-10,13H,11-12H2,1-3H3,(H,18,20)/t13-/m0/s1. The number of benzene rings is 1. The smallest absolute Gasteiger partial charge is 0.237 e. The van der Waals surface area contributed by atoms with Gasteiger partial charge in [-0.3, -0.25) is 9.69 Å². The number of rotatable bonds is 7. The highest BCUT2D eigenvalue weighted by molar-refractivity contribution is 7.09. The molecule has 1 aromatic carbocycles. The lowest BCUT2D eigenvalue weighted by Gasteiger charge is -2.24. The topological polar surface area (TPSA) is 41.6 Å². The monoisotopic (exact) mass is 318 g/mol. The lowest BCUT2D eigenvalue weighted by atomic mass is 10.1. The quantitative estimate of drug-likeness (QED) is 0.853. The first kappa shape index (κ1) is 16.5. The molecule has 0 aliphatic carbocycles. The number of methoxy groups -OCH3 is 1. The van der Waals surface area contributed by atoms with Crippen molar-refractivity contribution in [3.05, 3.63) is 52.2 Å². The van der Waals surface area contributed by atoms with Crippen LogP contribution in [-0.2, 0) is 17.9 Å². The zero-order valence-corrected chi connectivity index (χ0v) is 14.0. The van der Waals surface area contributed by atoms with Gasteiger partial charge >= 0.3 is 0 Å². The number of nitrogens with zero attached hydrogens (tertiary/aromatic N) is 1. The first-order valence-corrected chi connectivity index (χ1v) is 8.12. The van der Waals surface area contributed by atoms with Crippen LogP contribution in [-0.4, -0.2) is 31.0 Å². The molecular weight excluding hydrogens is 296 g/mol. The predicted molar refractivity (Wildman–Crippen MR) is 90.1 cm³/mol. The number of likely N-dealkylation sites (N-methyl/N-ethyl adjacent to an activating group) is 1. The van der Waals surface area contributed by atoms with Gasteiger partial charge in [0.15, 0.2) is 0 Å². The van der Waals surface area contributed by atoms with E-state index >= 15 is 0 Å². The predicted octanol–water partition coefficient (Wildman–Crippen LogP) is 2.89. The molecule has 118 valence electrons. The molecular formula is C17H22N2O2S. The minimum Gasteiger partial charge on any atom is -0.496 e. The van der Waals surface area contributed by atoms with Crippen LogP contribution in [0.4, 0.5) is 0 Å². The summed E-state index contributed by atoms with van der Waals surface area (Å²) in [4.78, 5) is 15.4. The van der Waals surface area contributed by atoms with E-state index in [1.54, 1.807) is 18.4 Å². The van der Waals surface area contributed by atoms with Gasteiger partial charge in [0.05, 0.1) is 19.7 Å². The van der Waals surface area contributed by atoms with Crippen LogP contribution in [0, 0.1) is 0 Å². The molecule has 0 saturated carbocycles. The van der Waals surface area contributed by atoms with Crippen molar-refractivity contribution in [1.82, 2.24) is 10.2 Å². The molecule has 0 fully saturated rings. The minimum absolute atomic E-state index is 0.0331. The summed E-state index contributed by atoms with van der Waals surface area (Å²) in [5.41, 5.74) is 1.07. The van der Waals surface area contributed by atoms with E-state index < -0.39 is 0 Å². The van der Waals surface area contributed by atoms with Gasteiger partial charge in [-0.15, -0.1) is 11.3 Å². The highest BCUT2D eigenvalue weighted by Crippen LogP contribution is 2.19. The molecule has 0 aliphatic heterocycles. The third-order valence-corrected chi connectivity index (χ3v) is 4.55. The SMILES string of the molecule is COc1ccccc1CN(C)[C@@H](C)C(=O)NCc1cccs1. The molecule has 0 aliphatic rings. The Bertz CT molecular complexity index is 598. The third-order valence-electron chi connectivity index (χ3n) is 3.67. The van der Waals surface area contributed by atoms with Crippen molar-refractivity contribution in [2.75, 3.05) is 14.2 Å². The van der Waals surface area contributed by atoms with E-state index in [1.807, 2.05) is 60.6 Å². The van der Waals surface area contributed by atoms with Crippen LogP contribution in [0.3, 0.4) is 0 Å². The largest absolute Gasteiger partial charge is 0.496 e. The van der Waals surface area contributed by atoms with Crippen molar-refractivity contribution in [3.63, 3.8) is 0 Å². The molecule has 1 N–H and O–H groups in total. The van der Waals surface area contributed by atoms with E-state index in [-0.39, 0.29) is 11.9 Å². The fourth-order valence-corrected chi connectivity index (χ4v) is 2.82. The maximum atomic E-state index is 12.2. The Morgan fingerprint density at radius 1 is 1.32 bits per heavy atom. The van der Waals surface area contributed by atoms with E-state index in [0.717, 1.165) is 16.2 Å². The second-order valence-electron chi connectivity index (χ2n) is 5.20. The molecule has 1 heterocycles. The van der Waals surface area contributed by atoms with Crippen molar-refractivity contribution >= 4 is 17.2 Å². The Kier molecular flexibility index (Phi) is 5.98. The Morgan fingerprint density at radius 2 is 2.09 bits per heavy atom. The van der Waals surface area contributed by atoms with E-state index in [0.29, 0.717) is 13.1 Å². The fourth-order valence-electron chi connectivity index (χ4n) is 2.17. The molecule has 4 nitrogen and oxygen atoms in total. The second-order valence-corrected chi connectivity index (χ2v) is 6.23. The summed E-state index contributed by atoms with van der Waals surface area (Å²) in [6, 6.07) is 11.7. The molecule has 0 bridgehead atoms. The number of hydrogen-bond acceptors (Lipinski definition) is 4. The molecule has 2 rings (SSSR count). The molecule has 5 heteroatoms. The van der Waals surface area contributed by atoms with Gasteiger partial charge in [0.2, 0.25) is 5.91 Å². The van der Waals surface area contributed by atoms with E-state index in [2.05, 4.69) is 5.32 Å². The number of hydrogen-bond donors (Lipinski definition) is 1. The average molecular weight is 318 g/mol. The Balaban J connectivity index is 1.90. The van der Waals surface area contributed by atoms with Crippen molar-refractivity contribution < 1.29 is 9.53 Å². The van der Waals surface area contributed by atoms with Crippen molar-refractivity contribution in [2.24, 2.45) is 0 Å². The summed E-state index contributed by atoms with van der Waals surface area (Å²) in [5.74, 6) is 0.881. The number of ether oxygens (including phenoxy) is 1. The van der Waals surface area contributed by atoms with Gasteiger partial charge in [-0.1, -0.05) is 24.3 Å². The number of carbonyl (C=O) groups is 1. The van der Waals surface area contributed by atoms with Gasteiger partial charge in [0.25, 0.3) is 0 Å². The molecule has 1 aromatic heterocycles. The van der Waals surface area contributed by atoms with Gasteiger partial charge in [-0.25, -0.2) is 0 Å². The van der Waals surface area contributed by atoms with Crippen LogP contribution >= 0.6 is 11.3 Å². The molecule has 22 heavy (non-hydrogen) atoms. The van der Waals surface area contributed by atoms with Crippen molar-refractivity contribution in [3.8, 4) is 5.75 Å². The highest BCUT2D eigenvalue weighted by atomic mass is 32.1. The summed E-state index contributed by atoms with van der Waals surface area (Å²) < 4.78 is 5.36. The summed E-state index contributed by atoms with van der Waals surface area (Å²) in [6.45, 7) is 3.17. The lowest BCUT2D eigenvalue weighted by molar-refractivity contribution is -0.125. The van der Waals surface area contributed by atoms with Crippen LogP contribution in [0.1, 0.15) is 17.4 Å². The number of amides is 1. The lowest BCUT2D eigenvalue weighted by Crippen LogP contribution is -2.42. The van der Waals surface area contributed by atoms with Crippen LogP contribution in [0.2, 0.25) is 0 Å². The zero-order valence-electron chi connectivity index (χ0n) is 13.2. The van der Waals surface area contributed by atoms with Crippen LogP contribution in [0.25, 0.3) is 0 Å². The first-order valence-electron chi connectivity index (χ1n) is 7.24. The van der Waals surface area contributed by atoms with Gasteiger partial charge in [-0.2, -0.15) is 0 Å². The van der Waals surface area contributed by atoms with Crippen LogP contribution in [0.15, 0.2) is 41.8 Å². The number of carbonyl (C=O) groups excluding carboxylic acids is 1. The Hall–Kier alpha value is -1.85.